The zero-order valence-corrected chi connectivity index (χ0v) is 15.2. The van der Waals surface area contributed by atoms with Crippen molar-refractivity contribution in [2.45, 2.75) is 38.7 Å². The number of ether oxygens (including phenoxy) is 2. The van der Waals surface area contributed by atoms with Gasteiger partial charge in [0, 0.05) is 0 Å². The summed E-state index contributed by atoms with van der Waals surface area (Å²) in [5.41, 5.74) is 0.549. The highest BCUT2D eigenvalue weighted by Crippen LogP contribution is 2.38. The minimum Gasteiger partial charge on any atom is -0.497 e. The minimum atomic E-state index is -0.495. The summed E-state index contributed by atoms with van der Waals surface area (Å²) in [4.78, 5) is 12.7. The predicted octanol–water partition coefficient (Wildman–Crippen LogP) is 3.16. The Morgan fingerprint density at radius 3 is 2.93 bits per heavy atom. The quantitative estimate of drug-likeness (QED) is 0.708. The Labute approximate surface area is 155 Å². The van der Waals surface area contributed by atoms with Crippen molar-refractivity contribution in [1.29, 1.82) is 0 Å². The molecule has 142 valence electrons. The van der Waals surface area contributed by atoms with E-state index in [2.05, 4.69) is 32.9 Å². The van der Waals surface area contributed by atoms with Gasteiger partial charge in [0.2, 0.25) is 5.76 Å². The normalized spacial score (nSPS) is 19.8. The largest absolute Gasteiger partial charge is 0.497 e. The van der Waals surface area contributed by atoms with Gasteiger partial charge < -0.3 is 13.9 Å². The summed E-state index contributed by atoms with van der Waals surface area (Å²) in [6, 6.07) is 5.35. The van der Waals surface area contributed by atoms with E-state index in [0.717, 1.165) is 19.3 Å². The molecule has 9 nitrogen and oxygen atoms in total. The molecule has 3 aromatic rings. The Bertz CT molecular complexity index is 937. The van der Waals surface area contributed by atoms with Crippen molar-refractivity contribution < 1.29 is 18.7 Å². The van der Waals surface area contributed by atoms with Crippen LogP contribution in [0.2, 0.25) is 0 Å². The van der Waals surface area contributed by atoms with Crippen molar-refractivity contribution in [3.05, 3.63) is 24.0 Å². The Kier molecular flexibility index (Phi) is 4.66. The Morgan fingerprint density at radius 1 is 1.33 bits per heavy atom. The first kappa shape index (κ1) is 17.3. The van der Waals surface area contributed by atoms with Crippen LogP contribution in [0.1, 0.15) is 43.2 Å². The summed E-state index contributed by atoms with van der Waals surface area (Å²) >= 11 is 0. The van der Waals surface area contributed by atoms with E-state index >= 15 is 0 Å². The van der Waals surface area contributed by atoms with Crippen LogP contribution >= 0.6 is 0 Å². The van der Waals surface area contributed by atoms with E-state index in [-0.39, 0.29) is 17.8 Å². The van der Waals surface area contributed by atoms with Gasteiger partial charge in [-0.3, -0.25) is 10.1 Å². The Morgan fingerprint density at radius 2 is 2.19 bits per heavy atom. The summed E-state index contributed by atoms with van der Waals surface area (Å²) in [5, 5.41) is 16.5. The van der Waals surface area contributed by atoms with Gasteiger partial charge in [-0.1, -0.05) is 18.4 Å². The number of hydrogen-bond acceptors (Lipinski definition) is 7. The van der Waals surface area contributed by atoms with Gasteiger partial charge in [0.25, 0.3) is 11.9 Å². The molecule has 0 radical (unpaired) electrons. The number of carbonyl (C=O) groups is 1. The molecule has 1 aliphatic carbocycles. The maximum Gasteiger partial charge on any atom is 0.297 e. The second-order valence-electron chi connectivity index (χ2n) is 6.73. The number of methoxy groups -OCH3 is 1. The molecule has 1 aromatic carbocycles. The first-order valence-electron chi connectivity index (χ1n) is 8.97. The fourth-order valence-corrected chi connectivity index (χ4v) is 3.43. The van der Waals surface area contributed by atoms with Crippen LogP contribution in [0.3, 0.4) is 0 Å². The number of amides is 1. The van der Waals surface area contributed by atoms with E-state index < -0.39 is 5.91 Å². The molecule has 2 heterocycles. The third-order valence-electron chi connectivity index (χ3n) is 4.93. The van der Waals surface area contributed by atoms with Gasteiger partial charge in [-0.2, -0.15) is 5.21 Å². The van der Waals surface area contributed by atoms with Gasteiger partial charge in [-0.15, -0.1) is 5.10 Å². The highest BCUT2D eigenvalue weighted by atomic mass is 16.5. The molecule has 2 aromatic heterocycles. The molecule has 0 spiro atoms. The van der Waals surface area contributed by atoms with Gasteiger partial charge in [-0.25, -0.2) is 0 Å². The van der Waals surface area contributed by atoms with Crippen LogP contribution in [0.5, 0.6) is 11.5 Å². The molecule has 2 atom stereocenters. The standard InChI is InChI=1S/C18H21N5O4/c1-10-5-3-4-6-13(10)26-15-12-9-11(25-2)7-8-14(12)27-16(15)17(24)19-18-20-22-23-21-18/h7-10,13H,3-6H2,1-2H3,(H2,19,20,21,22,23,24). The third-order valence-corrected chi connectivity index (χ3v) is 4.93. The van der Waals surface area contributed by atoms with Crippen LogP contribution in [0.4, 0.5) is 5.95 Å². The van der Waals surface area contributed by atoms with Crippen molar-refractivity contribution in [3.63, 3.8) is 0 Å². The number of benzene rings is 1. The lowest BCUT2D eigenvalue weighted by Crippen LogP contribution is -2.29. The summed E-state index contributed by atoms with van der Waals surface area (Å²) in [5.74, 6) is 1.14. The van der Waals surface area contributed by atoms with E-state index in [0.29, 0.717) is 28.4 Å². The molecule has 4 rings (SSSR count). The highest BCUT2D eigenvalue weighted by molar-refractivity contribution is 6.07. The molecule has 1 aliphatic rings. The lowest BCUT2D eigenvalue weighted by atomic mass is 9.88. The minimum absolute atomic E-state index is 0.0301. The summed E-state index contributed by atoms with van der Waals surface area (Å²) in [7, 11) is 1.59. The number of nitrogens with zero attached hydrogens (tertiary/aromatic N) is 3. The van der Waals surface area contributed by atoms with Crippen LogP contribution in [-0.2, 0) is 0 Å². The Hall–Kier alpha value is -3.10. The summed E-state index contributed by atoms with van der Waals surface area (Å²) in [6.07, 6.45) is 4.39. The van der Waals surface area contributed by atoms with Gasteiger partial charge in [0.05, 0.1) is 12.5 Å². The first-order valence-corrected chi connectivity index (χ1v) is 8.97. The van der Waals surface area contributed by atoms with E-state index in [1.165, 1.54) is 6.42 Å². The zero-order chi connectivity index (χ0) is 18.8. The average molecular weight is 371 g/mol. The zero-order valence-electron chi connectivity index (χ0n) is 15.2. The van der Waals surface area contributed by atoms with Crippen LogP contribution in [0.25, 0.3) is 11.0 Å². The van der Waals surface area contributed by atoms with Gasteiger partial charge >= 0.3 is 0 Å². The second kappa shape index (κ2) is 7.26. The number of rotatable bonds is 5. The van der Waals surface area contributed by atoms with Gasteiger partial charge in [0.1, 0.15) is 17.4 Å². The van der Waals surface area contributed by atoms with Crippen LogP contribution in [0.15, 0.2) is 22.6 Å². The van der Waals surface area contributed by atoms with Crippen LogP contribution in [-0.4, -0.2) is 39.7 Å². The number of fused-ring (bicyclic) bond motifs is 1. The number of H-pyrrole nitrogens is 1. The summed E-state index contributed by atoms with van der Waals surface area (Å²) < 4.78 is 17.4. The monoisotopic (exact) mass is 371 g/mol. The molecule has 2 unspecified atom stereocenters. The van der Waals surface area contributed by atoms with Crippen molar-refractivity contribution in [1.82, 2.24) is 20.6 Å². The fraction of sp³-hybridized carbons (Fsp3) is 0.444. The maximum atomic E-state index is 12.7. The van der Waals surface area contributed by atoms with E-state index in [4.69, 9.17) is 13.9 Å². The molecule has 0 aliphatic heterocycles. The van der Waals surface area contributed by atoms with Crippen molar-refractivity contribution in [2.75, 3.05) is 12.4 Å². The average Bonchev–Trinajstić information content (AvgIpc) is 3.31. The number of anilines is 1. The SMILES string of the molecule is COc1ccc2oc(C(=O)Nc3nn[nH]n3)c(OC3CCCCC3C)c2c1. The molecule has 27 heavy (non-hydrogen) atoms. The van der Waals surface area contributed by atoms with E-state index in [1.807, 2.05) is 6.07 Å². The number of tetrazole rings is 1. The third kappa shape index (κ3) is 3.44. The number of nitrogens with one attached hydrogen (secondary N) is 2. The predicted molar refractivity (Wildman–Crippen MR) is 96.9 cm³/mol. The number of carbonyl (C=O) groups excluding carboxylic acids is 1. The van der Waals surface area contributed by atoms with Crippen LogP contribution < -0.4 is 14.8 Å². The topological polar surface area (TPSA) is 115 Å². The van der Waals surface area contributed by atoms with Crippen molar-refractivity contribution >= 4 is 22.8 Å². The fourth-order valence-electron chi connectivity index (χ4n) is 3.43. The highest BCUT2D eigenvalue weighted by Gasteiger charge is 2.29. The molecular formula is C18H21N5O4. The van der Waals surface area contributed by atoms with Crippen molar-refractivity contribution in [3.8, 4) is 11.5 Å². The molecule has 9 heteroatoms. The van der Waals surface area contributed by atoms with E-state index in [1.54, 1.807) is 19.2 Å². The number of aromatic amines is 1. The molecule has 0 bridgehead atoms. The van der Waals surface area contributed by atoms with E-state index in [9.17, 15) is 4.79 Å². The van der Waals surface area contributed by atoms with Crippen LogP contribution in [0, 0.1) is 5.92 Å². The van der Waals surface area contributed by atoms with Crippen molar-refractivity contribution in [2.24, 2.45) is 5.92 Å². The smallest absolute Gasteiger partial charge is 0.297 e. The second-order valence-corrected chi connectivity index (χ2v) is 6.73. The molecular weight excluding hydrogens is 350 g/mol. The Balaban J connectivity index is 1.73. The first-order chi connectivity index (χ1) is 13.2. The lowest BCUT2D eigenvalue weighted by molar-refractivity contribution is 0.0921. The number of furan rings is 1. The molecule has 1 fully saturated rings. The van der Waals surface area contributed by atoms with Gasteiger partial charge in [0.15, 0.2) is 5.75 Å². The molecule has 1 amide bonds. The number of hydrogen-bond donors (Lipinski definition) is 2. The lowest BCUT2D eigenvalue weighted by Gasteiger charge is -2.29. The van der Waals surface area contributed by atoms with Gasteiger partial charge in [-0.05, 0) is 48.6 Å². The molecule has 0 saturated heterocycles. The summed E-state index contributed by atoms with van der Waals surface area (Å²) in [6.45, 7) is 2.17. The maximum absolute atomic E-state index is 12.7. The molecule has 1 saturated carbocycles. The molecule has 2 N–H and O–H groups in total. The number of aromatic nitrogens is 4.